The molecule has 9 heteroatoms. The number of piperazine rings is 1. The van der Waals surface area contributed by atoms with E-state index in [1.807, 2.05) is 4.90 Å². The van der Waals surface area contributed by atoms with Gasteiger partial charge in [-0.2, -0.15) is 0 Å². The van der Waals surface area contributed by atoms with E-state index in [4.69, 9.17) is 9.47 Å². The molecule has 2 aromatic carbocycles. The van der Waals surface area contributed by atoms with Gasteiger partial charge in [0.25, 0.3) is 15.9 Å². The molecule has 2 aromatic rings. The molecule has 0 aromatic heterocycles. The van der Waals surface area contributed by atoms with Gasteiger partial charge < -0.3 is 14.4 Å². The SMILES string of the molecule is O=C(c1ccc(NS(=O)(=O)c2ccc3c(c2)OCCO3)cc1)N1CCN(C2CCCC2)CC1. The van der Waals surface area contributed by atoms with Crippen molar-refractivity contribution in [3.8, 4) is 11.5 Å². The highest BCUT2D eigenvalue weighted by Gasteiger charge is 2.28. The lowest BCUT2D eigenvalue weighted by Gasteiger charge is -2.38. The minimum Gasteiger partial charge on any atom is -0.486 e. The number of anilines is 1. The summed E-state index contributed by atoms with van der Waals surface area (Å²) in [4.78, 5) is 17.4. The molecule has 0 atom stereocenters. The quantitative estimate of drug-likeness (QED) is 0.721. The van der Waals surface area contributed by atoms with Gasteiger partial charge in [-0.1, -0.05) is 12.8 Å². The first-order valence-electron chi connectivity index (χ1n) is 11.6. The highest BCUT2D eigenvalue weighted by atomic mass is 32.2. The molecule has 1 saturated carbocycles. The monoisotopic (exact) mass is 471 g/mol. The van der Waals surface area contributed by atoms with Gasteiger partial charge in [0.2, 0.25) is 0 Å². The molecule has 0 radical (unpaired) electrons. The van der Waals surface area contributed by atoms with E-state index in [0.29, 0.717) is 42.0 Å². The summed E-state index contributed by atoms with van der Waals surface area (Å²) in [5.74, 6) is 0.938. The molecule has 1 saturated heterocycles. The highest BCUT2D eigenvalue weighted by Crippen LogP contribution is 2.33. The molecule has 33 heavy (non-hydrogen) atoms. The Kier molecular flexibility index (Phi) is 6.16. The maximum atomic E-state index is 12.9. The third-order valence-electron chi connectivity index (χ3n) is 6.65. The maximum Gasteiger partial charge on any atom is 0.262 e. The van der Waals surface area contributed by atoms with Crippen LogP contribution >= 0.6 is 0 Å². The summed E-state index contributed by atoms with van der Waals surface area (Å²) < 4.78 is 39.1. The number of nitrogens with zero attached hydrogens (tertiary/aromatic N) is 2. The molecule has 5 rings (SSSR count). The molecule has 2 aliphatic heterocycles. The van der Waals surface area contributed by atoms with E-state index >= 15 is 0 Å². The van der Waals surface area contributed by atoms with Crippen molar-refractivity contribution in [1.29, 1.82) is 0 Å². The van der Waals surface area contributed by atoms with Crippen LogP contribution in [0.5, 0.6) is 11.5 Å². The van der Waals surface area contributed by atoms with Crippen LogP contribution in [0.2, 0.25) is 0 Å². The molecule has 1 aliphatic carbocycles. The first kappa shape index (κ1) is 22.0. The number of hydrogen-bond acceptors (Lipinski definition) is 6. The third-order valence-corrected chi connectivity index (χ3v) is 8.03. The van der Waals surface area contributed by atoms with Crippen LogP contribution in [0.4, 0.5) is 5.69 Å². The Morgan fingerprint density at radius 3 is 2.24 bits per heavy atom. The Labute approximate surface area is 194 Å². The Hall–Kier alpha value is -2.78. The predicted octanol–water partition coefficient (Wildman–Crippen LogP) is 2.96. The van der Waals surface area contributed by atoms with Crippen LogP contribution in [0.15, 0.2) is 47.4 Å². The van der Waals surface area contributed by atoms with Crippen molar-refractivity contribution in [2.24, 2.45) is 0 Å². The summed E-state index contributed by atoms with van der Waals surface area (Å²) in [6.07, 6.45) is 5.18. The van der Waals surface area contributed by atoms with Gasteiger partial charge in [0.1, 0.15) is 13.2 Å². The van der Waals surface area contributed by atoms with Crippen LogP contribution in [0.1, 0.15) is 36.0 Å². The minimum absolute atomic E-state index is 0.0117. The first-order valence-corrected chi connectivity index (χ1v) is 13.0. The Morgan fingerprint density at radius 2 is 1.55 bits per heavy atom. The molecule has 176 valence electrons. The summed E-state index contributed by atoms with van der Waals surface area (Å²) in [6, 6.07) is 11.8. The lowest BCUT2D eigenvalue weighted by Crippen LogP contribution is -2.51. The number of rotatable bonds is 5. The van der Waals surface area contributed by atoms with Gasteiger partial charge in [0.05, 0.1) is 4.90 Å². The normalized spacial score (nSPS) is 19.5. The average Bonchev–Trinajstić information content (AvgIpc) is 3.39. The second kappa shape index (κ2) is 9.23. The summed E-state index contributed by atoms with van der Waals surface area (Å²) in [5.41, 5.74) is 0.957. The van der Waals surface area contributed by atoms with Gasteiger partial charge in [0.15, 0.2) is 11.5 Å². The van der Waals surface area contributed by atoms with Crippen molar-refractivity contribution in [3.05, 3.63) is 48.0 Å². The lowest BCUT2D eigenvalue weighted by molar-refractivity contribution is 0.0573. The number of hydrogen-bond donors (Lipinski definition) is 1. The molecule has 2 fully saturated rings. The third kappa shape index (κ3) is 4.79. The maximum absolute atomic E-state index is 12.9. The number of ether oxygens (including phenoxy) is 2. The van der Waals surface area contributed by atoms with E-state index in [0.717, 1.165) is 26.2 Å². The molecule has 0 unspecified atom stereocenters. The second-order valence-corrected chi connectivity index (χ2v) is 10.4. The number of carbonyl (C=O) groups excluding carboxylic acids is 1. The van der Waals surface area contributed by atoms with Crippen molar-refractivity contribution < 1.29 is 22.7 Å². The standard InChI is InChI=1S/C24H29N3O5S/c28-24(27-13-11-26(12-14-27)20-3-1-2-4-20)18-5-7-19(8-6-18)25-33(29,30)21-9-10-22-23(17-21)32-16-15-31-22/h5-10,17,20,25H,1-4,11-16H2. The molecule has 0 bridgehead atoms. The van der Waals surface area contributed by atoms with Crippen molar-refractivity contribution in [3.63, 3.8) is 0 Å². The van der Waals surface area contributed by atoms with E-state index in [1.54, 1.807) is 30.3 Å². The molecular weight excluding hydrogens is 442 g/mol. The van der Waals surface area contributed by atoms with E-state index < -0.39 is 10.0 Å². The smallest absolute Gasteiger partial charge is 0.262 e. The van der Waals surface area contributed by atoms with Crippen molar-refractivity contribution in [2.45, 2.75) is 36.6 Å². The number of sulfonamides is 1. The number of carbonyl (C=O) groups is 1. The molecular formula is C24H29N3O5S. The largest absolute Gasteiger partial charge is 0.486 e. The zero-order chi connectivity index (χ0) is 22.8. The fourth-order valence-corrected chi connectivity index (χ4v) is 5.90. The summed E-state index contributed by atoms with van der Waals surface area (Å²) >= 11 is 0. The summed E-state index contributed by atoms with van der Waals surface area (Å²) in [7, 11) is -3.80. The van der Waals surface area contributed by atoms with Crippen LogP contribution in [-0.2, 0) is 10.0 Å². The van der Waals surface area contributed by atoms with Gasteiger partial charge in [0, 0.05) is 49.5 Å². The lowest BCUT2D eigenvalue weighted by atomic mass is 10.1. The molecule has 1 N–H and O–H groups in total. The summed E-state index contributed by atoms with van der Waals surface area (Å²) in [5, 5.41) is 0. The molecule has 0 spiro atoms. The van der Waals surface area contributed by atoms with Crippen LogP contribution in [0.3, 0.4) is 0 Å². The zero-order valence-corrected chi connectivity index (χ0v) is 19.4. The van der Waals surface area contributed by atoms with Crippen molar-refractivity contribution in [1.82, 2.24) is 9.80 Å². The Morgan fingerprint density at radius 1 is 0.879 bits per heavy atom. The van der Waals surface area contributed by atoms with Gasteiger partial charge in [-0.05, 0) is 49.2 Å². The highest BCUT2D eigenvalue weighted by molar-refractivity contribution is 7.92. The van der Waals surface area contributed by atoms with Crippen LogP contribution in [0.25, 0.3) is 0 Å². The molecule has 8 nitrogen and oxygen atoms in total. The number of nitrogens with one attached hydrogen (secondary N) is 1. The molecule has 2 heterocycles. The average molecular weight is 472 g/mol. The summed E-state index contributed by atoms with van der Waals surface area (Å²) in [6.45, 7) is 4.13. The van der Waals surface area contributed by atoms with Crippen LogP contribution in [0, 0.1) is 0 Å². The van der Waals surface area contributed by atoms with Crippen LogP contribution < -0.4 is 14.2 Å². The van der Waals surface area contributed by atoms with Gasteiger partial charge >= 0.3 is 0 Å². The van der Waals surface area contributed by atoms with Gasteiger partial charge in [-0.15, -0.1) is 0 Å². The topological polar surface area (TPSA) is 88.2 Å². The van der Waals surface area contributed by atoms with Crippen LogP contribution in [-0.4, -0.2) is 69.6 Å². The van der Waals surface area contributed by atoms with Gasteiger partial charge in [-0.3, -0.25) is 14.4 Å². The van der Waals surface area contributed by atoms with Crippen molar-refractivity contribution >= 4 is 21.6 Å². The molecule has 3 aliphatic rings. The number of amides is 1. The fraction of sp³-hybridized carbons (Fsp3) is 0.458. The zero-order valence-electron chi connectivity index (χ0n) is 18.5. The first-order chi connectivity index (χ1) is 16.0. The van der Waals surface area contributed by atoms with Crippen molar-refractivity contribution in [2.75, 3.05) is 44.1 Å². The minimum atomic E-state index is -3.80. The van der Waals surface area contributed by atoms with E-state index in [-0.39, 0.29) is 10.8 Å². The van der Waals surface area contributed by atoms with Gasteiger partial charge in [-0.25, -0.2) is 8.42 Å². The number of benzene rings is 2. The predicted molar refractivity (Wildman–Crippen MR) is 124 cm³/mol. The van der Waals surface area contributed by atoms with E-state index in [9.17, 15) is 13.2 Å². The number of fused-ring (bicyclic) bond motifs is 1. The second-order valence-electron chi connectivity index (χ2n) is 8.75. The Balaban J connectivity index is 1.21. The fourth-order valence-electron chi connectivity index (χ4n) is 4.83. The Bertz CT molecular complexity index is 1110. The van der Waals surface area contributed by atoms with E-state index in [1.165, 1.54) is 37.8 Å². The molecule has 1 amide bonds. The van der Waals surface area contributed by atoms with E-state index in [2.05, 4.69) is 9.62 Å².